The number of carbonyl (C=O) groups excluding carboxylic acids is 2. The van der Waals surface area contributed by atoms with Crippen LogP contribution in [0.5, 0.6) is 5.75 Å². The van der Waals surface area contributed by atoms with E-state index < -0.39 is 18.2 Å². The zero-order valence-corrected chi connectivity index (χ0v) is 20.1. The normalized spacial score (nSPS) is 10.8. The summed E-state index contributed by atoms with van der Waals surface area (Å²) < 4.78 is 16.3. The lowest BCUT2D eigenvalue weighted by Crippen LogP contribution is -2.35. The Bertz CT molecular complexity index is 824. The lowest BCUT2D eigenvalue weighted by Gasteiger charge is -2.19. The van der Waals surface area contributed by atoms with Crippen molar-refractivity contribution in [3.05, 3.63) is 72.3 Å². The molecule has 0 spiro atoms. The van der Waals surface area contributed by atoms with Crippen molar-refractivity contribution in [2.75, 3.05) is 25.5 Å². The molecule has 0 saturated carbocycles. The molecule has 0 aliphatic carbocycles. The second-order valence-corrected chi connectivity index (χ2v) is 7.71. The maximum Gasteiger partial charge on any atom is 0.407 e. The molecular weight excluding hydrogens is 426 g/mol. The zero-order valence-electron chi connectivity index (χ0n) is 19.3. The highest BCUT2D eigenvalue weighted by Gasteiger charge is 2.16. The standard InChI is InChI=1S/C23H27NO5S.C2H6/c1-17(2)22(25)27-14-13-24-23(26)29-20(16-30-21-7-5-4-6-8-21)15-28-19-11-9-18(3)10-12-19;1-2/h4-12,20H,1,13-16H2,2-3H3,(H,24,26);1-2H3. The van der Waals surface area contributed by atoms with Gasteiger partial charge in [0.2, 0.25) is 0 Å². The Hall–Kier alpha value is -2.93. The molecular formula is C25H33NO5S. The number of alkyl carbamates (subject to hydrolysis) is 1. The Balaban J connectivity index is 0.00000249. The summed E-state index contributed by atoms with van der Waals surface area (Å²) in [6.45, 7) is 11.5. The molecule has 1 atom stereocenters. The third kappa shape index (κ3) is 11.5. The van der Waals surface area contributed by atoms with Crippen LogP contribution in [0.25, 0.3) is 0 Å². The quantitative estimate of drug-likeness (QED) is 0.210. The molecule has 0 heterocycles. The highest BCUT2D eigenvalue weighted by molar-refractivity contribution is 7.99. The topological polar surface area (TPSA) is 73.9 Å². The first-order valence-electron chi connectivity index (χ1n) is 10.6. The number of thioether (sulfide) groups is 1. The first-order chi connectivity index (χ1) is 15.4. The number of benzene rings is 2. The van der Waals surface area contributed by atoms with Gasteiger partial charge in [-0.25, -0.2) is 9.59 Å². The molecule has 0 aliphatic rings. The predicted molar refractivity (Wildman–Crippen MR) is 129 cm³/mol. The molecule has 1 N–H and O–H groups in total. The summed E-state index contributed by atoms with van der Waals surface area (Å²) in [5.41, 5.74) is 1.45. The molecule has 0 fully saturated rings. The van der Waals surface area contributed by atoms with E-state index in [-0.39, 0.29) is 19.8 Å². The number of amides is 1. The first kappa shape index (κ1) is 27.1. The van der Waals surface area contributed by atoms with Crippen LogP contribution in [-0.2, 0) is 14.3 Å². The van der Waals surface area contributed by atoms with Gasteiger partial charge in [-0.2, -0.15) is 0 Å². The van der Waals surface area contributed by atoms with Crippen molar-refractivity contribution in [2.24, 2.45) is 0 Å². The number of aryl methyl sites for hydroxylation is 1. The van der Waals surface area contributed by atoms with Gasteiger partial charge >= 0.3 is 12.1 Å². The minimum absolute atomic E-state index is 0.0457. The van der Waals surface area contributed by atoms with Crippen molar-refractivity contribution >= 4 is 23.8 Å². The van der Waals surface area contributed by atoms with Crippen LogP contribution in [0.4, 0.5) is 4.79 Å². The number of carbonyl (C=O) groups is 2. The van der Waals surface area contributed by atoms with Gasteiger partial charge in [0.1, 0.15) is 25.1 Å². The molecule has 2 aromatic carbocycles. The van der Waals surface area contributed by atoms with Crippen molar-refractivity contribution in [2.45, 2.75) is 38.7 Å². The number of ether oxygens (including phenoxy) is 3. The molecule has 2 rings (SSSR count). The molecule has 1 unspecified atom stereocenters. The van der Waals surface area contributed by atoms with Gasteiger partial charge in [-0.1, -0.05) is 56.3 Å². The SMILES string of the molecule is C=C(C)C(=O)OCCNC(=O)OC(COc1ccc(C)cc1)CSc1ccccc1.CC. The van der Waals surface area contributed by atoms with Crippen molar-refractivity contribution in [1.29, 1.82) is 0 Å². The van der Waals surface area contributed by atoms with Crippen LogP contribution in [0.15, 0.2) is 71.6 Å². The Kier molecular flexibility index (Phi) is 13.4. The monoisotopic (exact) mass is 459 g/mol. The Morgan fingerprint density at radius 1 is 1.06 bits per heavy atom. The first-order valence-corrected chi connectivity index (χ1v) is 11.6. The zero-order chi connectivity index (χ0) is 23.8. The van der Waals surface area contributed by atoms with Gasteiger partial charge in [0, 0.05) is 16.2 Å². The summed E-state index contributed by atoms with van der Waals surface area (Å²) in [6, 6.07) is 17.6. The molecule has 0 aliphatic heterocycles. The maximum atomic E-state index is 12.1. The highest BCUT2D eigenvalue weighted by atomic mass is 32.2. The Labute approximate surface area is 195 Å². The molecule has 0 saturated heterocycles. The molecule has 174 valence electrons. The van der Waals surface area contributed by atoms with Gasteiger partial charge in [0.05, 0.1) is 6.54 Å². The fraction of sp³-hybridized carbons (Fsp3) is 0.360. The highest BCUT2D eigenvalue weighted by Crippen LogP contribution is 2.20. The van der Waals surface area contributed by atoms with Gasteiger partial charge in [-0.05, 0) is 38.1 Å². The predicted octanol–water partition coefficient (Wildman–Crippen LogP) is 5.41. The molecule has 0 bridgehead atoms. The molecule has 1 amide bonds. The fourth-order valence-electron chi connectivity index (χ4n) is 2.26. The number of rotatable bonds is 11. The van der Waals surface area contributed by atoms with Crippen LogP contribution < -0.4 is 10.1 Å². The third-order valence-corrected chi connectivity index (χ3v) is 5.01. The van der Waals surface area contributed by atoms with E-state index in [4.69, 9.17) is 14.2 Å². The largest absolute Gasteiger partial charge is 0.490 e. The van der Waals surface area contributed by atoms with Gasteiger partial charge in [0.15, 0.2) is 0 Å². The van der Waals surface area contributed by atoms with Crippen LogP contribution in [0.3, 0.4) is 0 Å². The molecule has 7 heteroatoms. The van der Waals surface area contributed by atoms with E-state index in [2.05, 4.69) is 11.9 Å². The molecule has 6 nitrogen and oxygen atoms in total. The van der Waals surface area contributed by atoms with Gasteiger partial charge < -0.3 is 19.5 Å². The smallest absolute Gasteiger partial charge is 0.407 e. The van der Waals surface area contributed by atoms with E-state index in [1.165, 1.54) is 0 Å². The average Bonchev–Trinajstić information content (AvgIpc) is 2.81. The lowest BCUT2D eigenvalue weighted by molar-refractivity contribution is -0.138. The van der Waals surface area contributed by atoms with Crippen LogP contribution in [-0.4, -0.2) is 43.7 Å². The number of hydrogen-bond donors (Lipinski definition) is 1. The van der Waals surface area contributed by atoms with Gasteiger partial charge in [-0.15, -0.1) is 11.8 Å². The van der Waals surface area contributed by atoms with E-state index in [9.17, 15) is 9.59 Å². The Morgan fingerprint density at radius 2 is 1.72 bits per heavy atom. The van der Waals surface area contributed by atoms with Crippen LogP contribution in [0.2, 0.25) is 0 Å². The van der Waals surface area contributed by atoms with Crippen molar-refractivity contribution < 1.29 is 23.8 Å². The maximum absolute atomic E-state index is 12.1. The van der Waals surface area contributed by atoms with Crippen LogP contribution in [0, 0.1) is 6.92 Å². The second-order valence-electron chi connectivity index (χ2n) is 6.62. The van der Waals surface area contributed by atoms with Crippen molar-refractivity contribution in [3.8, 4) is 5.75 Å². The summed E-state index contributed by atoms with van der Waals surface area (Å²) >= 11 is 1.58. The summed E-state index contributed by atoms with van der Waals surface area (Å²) in [4.78, 5) is 24.6. The fourth-order valence-corrected chi connectivity index (χ4v) is 3.15. The summed E-state index contributed by atoms with van der Waals surface area (Å²) in [5, 5.41) is 2.58. The van der Waals surface area contributed by atoms with Crippen molar-refractivity contribution in [1.82, 2.24) is 5.32 Å². The van der Waals surface area contributed by atoms with E-state index in [0.717, 1.165) is 10.5 Å². The average molecular weight is 460 g/mol. The van der Waals surface area contributed by atoms with E-state index in [1.807, 2.05) is 75.4 Å². The molecule has 2 aromatic rings. The molecule has 0 aromatic heterocycles. The number of hydrogen-bond acceptors (Lipinski definition) is 6. The Morgan fingerprint density at radius 3 is 2.34 bits per heavy atom. The van der Waals surface area contributed by atoms with E-state index in [0.29, 0.717) is 17.1 Å². The van der Waals surface area contributed by atoms with E-state index in [1.54, 1.807) is 18.7 Å². The second kappa shape index (κ2) is 15.8. The lowest BCUT2D eigenvalue weighted by atomic mass is 10.2. The van der Waals surface area contributed by atoms with Gasteiger partial charge in [-0.3, -0.25) is 0 Å². The third-order valence-electron chi connectivity index (χ3n) is 3.86. The minimum atomic E-state index is -0.590. The summed E-state index contributed by atoms with van der Waals surface area (Å²) in [7, 11) is 0. The van der Waals surface area contributed by atoms with E-state index >= 15 is 0 Å². The number of nitrogens with one attached hydrogen (secondary N) is 1. The van der Waals surface area contributed by atoms with Gasteiger partial charge in [0.25, 0.3) is 0 Å². The molecule has 0 radical (unpaired) electrons. The van der Waals surface area contributed by atoms with Crippen molar-refractivity contribution in [3.63, 3.8) is 0 Å². The minimum Gasteiger partial charge on any atom is -0.490 e. The summed E-state index contributed by atoms with van der Waals surface area (Å²) in [5.74, 6) is 0.758. The summed E-state index contributed by atoms with van der Waals surface area (Å²) in [6.07, 6.45) is -1.05. The van der Waals surface area contributed by atoms with Crippen LogP contribution >= 0.6 is 11.8 Å². The van der Waals surface area contributed by atoms with Crippen LogP contribution in [0.1, 0.15) is 26.3 Å². The molecule has 32 heavy (non-hydrogen) atoms. The number of esters is 1.